The number of aromatic nitrogens is 4. The fourth-order valence-corrected chi connectivity index (χ4v) is 3.20. The summed E-state index contributed by atoms with van der Waals surface area (Å²) in [6, 6.07) is 11.2. The number of halogens is 3. The number of rotatable bonds is 6. The fourth-order valence-electron chi connectivity index (χ4n) is 3.20. The van der Waals surface area contributed by atoms with E-state index in [9.17, 15) is 22.8 Å². The minimum atomic E-state index is -1.58. The molecule has 0 aliphatic rings. The molecular formula is C24H17F3N4O3. The predicted octanol–water partition coefficient (Wildman–Crippen LogP) is 4.01. The van der Waals surface area contributed by atoms with Crippen LogP contribution in [0.4, 0.5) is 13.2 Å². The maximum absolute atomic E-state index is 13.6. The average Bonchev–Trinajstić information content (AvgIpc) is 2.84. The van der Waals surface area contributed by atoms with Crippen LogP contribution in [0.5, 0.6) is 0 Å². The van der Waals surface area contributed by atoms with Crippen molar-refractivity contribution in [2.24, 2.45) is 0 Å². The number of hydrogen-bond donors (Lipinski definition) is 0. The van der Waals surface area contributed by atoms with Crippen LogP contribution in [-0.2, 0) is 11.3 Å². The van der Waals surface area contributed by atoms with E-state index in [0.717, 1.165) is 16.8 Å². The number of benzene rings is 2. The lowest BCUT2D eigenvalue weighted by atomic mass is 10.1. The van der Waals surface area contributed by atoms with Gasteiger partial charge >= 0.3 is 5.97 Å². The molecular weight excluding hydrogens is 449 g/mol. The molecule has 7 nitrogen and oxygen atoms in total. The van der Waals surface area contributed by atoms with Crippen molar-refractivity contribution in [2.45, 2.75) is 13.5 Å². The molecule has 0 bridgehead atoms. The van der Waals surface area contributed by atoms with E-state index >= 15 is 0 Å². The Bertz CT molecular complexity index is 1400. The maximum Gasteiger partial charge on any atom is 0.341 e. The Hall–Kier alpha value is -4.34. The van der Waals surface area contributed by atoms with E-state index in [1.54, 1.807) is 31.2 Å². The topological polar surface area (TPSA) is 87.0 Å². The van der Waals surface area contributed by atoms with Crippen molar-refractivity contribution in [2.75, 3.05) is 6.61 Å². The summed E-state index contributed by atoms with van der Waals surface area (Å²) < 4.78 is 46.5. The van der Waals surface area contributed by atoms with Gasteiger partial charge in [-0.3, -0.25) is 4.79 Å². The van der Waals surface area contributed by atoms with Gasteiger partial charge in [0.25, 0.3) is 5.56 Å². The molecule has 172 valence electrons. The van der Waals surface area contributed by atoms with Gasteiger partial charge in [0, 0.05) is 29.6 Å². The molecule has 0 radical (unpaired) electrons. The maximum atomic E-state index is 13.6. The van der Waals surface area contributed by atoms with Crippen LogP contribution in [0.25, 0.3) is 22.6 Å². The molecule has 2 aromatic heterocycles. The van der Waals surface area contributed by atoms with E-state index in [0.29, 0.717) is 17.0 Å². The second-order valence-electron chi connectivity index (χ2n) is 7.18. The summed E-state index contributed by atoms with van der Waals surface area (Å²) >= 11 is 0. The summed E-state index contributed by atoms with van der Waals surface area (Å²) in [5.41, 5.74) is 1.20. The van der Waals surface area contributed by atoms with E-state index in [2.05, 4.69) is 15.1 Å². The van der Waals surface area contributed by atoms with Crippen molar-refractivity contribution >= 4 is 5.97 Å². The van der Waals surface area contributed by atoms with Gasteiger partial charge in [-0.05, 0) is 36.8 Å². The lowest BCUT2D eigenvalue weighted by molar-refractivity contribution is 0.0525. The van der Waals surface area contributed by atoms with E-state index in [1.807, 2.05) is 0 Å². The van der Waals surface area contributed by atoms with Crippen molar-refractivity contribution in [1.29, 1.82) is 0 Å². The molecule has 0 saturated heterocycles. The molecule has 2 aromatic carbocycles. The van der Waals surface area contributed by atoms with Gasteiger partial charge in [-0.2, -0.15) is 5.10 Å². The molecule has 2 heterocycles. The Labute approximate surface area is 191 Å². The third-order valence-corrected chi connectivity index (χ3v) is 4.83. The molecule has 0 fully saturated rings. The van der Waals surface area contributed by atoms with Gasteiger partial charge in [0.1, 0.15) is 0 Å². The van der Waals surface area contributed by atoms with Gasteiger partial charge in [0.2, 0.25) is 0 Å². The first-order chi connectivity index (χ1) is 16.4. The van der Waals surface area contributed by atoms with Gasteiger partial charge in [-0.1, -0.05) is 18.2 Å². The van der Waals surface area contributed by atoms with Gasteiger partial charge in [-0.15, -0.1) is 0 Å². The highest BCUT2D eigenvalue weighted by Gasteiger charge is 2.14. The Balaban J connectivity index is 1.61. The Kier molecular flexibility index (Phi) is 6.48. The zero-order valence-corrected chi connectivity index (χ0v) is 17.8. The van der Waals surface area contributed by atoms with Crippen molar-refractivity contribution in [3.63, 3.8) is 0 Å². The second-order valence-corrected chi connectivity index (χ2v) is 7.18. The largest absolute Gasteiger partial charge is 0.462 e. The van der Waals surface area contributed by atoms with Crippen LogP contribution in [0.1, 0.15) is 22.8 Å². The first-order valence-corrected chi connectivity index (χ1v) is 10.2. The van der Waals surface area contributed by atoms with Crippen LogP contribution in [0.3, 0.4) is 0 Å². The molecule has 0 spiro atoms. The number of esters is 1. The third-order valence-electron chi connectivity index (χ3n) is 4.83. The van der Waals surface area contributed by atoms with Crippen molar-refractivity contribution in [1.82, 2.24) is 19.7 Å². The highest BCUT2D eigenvalue weighted by Crippen LogP contribution is 2.22. The van der Waals surface area contributed by atoms with Crippen molar-refractivity contribution < 1.29 is 22.7 Å². The van der Waals surface area contributed by atoms with Crippen LogP contribution in [0.2, 0.25) is 0 Å². The highest BCUT2D eigenvalue weighted by molar-refractivity contribution is 5.88. The minimum Gasteiger partial charge on any atom is -0.462 e. The number of carbonyl (C=O) groups excluding carboxylic acids is 1. The minimum absolute atomic E-state index is 0.00556. The molecule has 10 heteroatoms. The summed E-state index contributed by atoms with van der Waals surface area (Å²) in [7, 11) is 0. The first kappa shape index (κ1) is 22.8. The number of carbonyl (C=O) groups is 1. The van der Waals surface area contributed by atoms with E-state index in [1.165, 1.54) is 24.5 Å². The summed E-state index contributed by atoms with van der Waals surface area (Å²) in [6.07, 6.45) is 2.73. The zero-order chi connectivity index (χ0) is 24.2. The van der Waals surface area contributed by atoms with E-state index in [-0.39, 0.29) is 30.0 Å². The zero-order valence-electron chi connectivity index (χ0n) is 17.8. The summed E-state index contributed by atoms with van der Waals surface area (Å²) in [6.45, 7) is 1.99. The number of nitrogens with zero attached hydrogens (tertiary/aromatic N) is 4. The SMILES string of the molecule is CCOC(=O)c1cnc(-c2cccc(Cn3nc(-c4cc(F)c(F)c(F)c4)ccc3=O)c2)nc1. The molecule has 0 N–H and O–H groups in total. The quantitative estimate of drug-likeness (QED) is 0.315. The summed E-state index contributed by atoms with van der Waals surface area (Å²) in [5.74, 6) is -4.44. The average molecular weight is 466 g/mol. The van der Waals surface area contributed by atoms with E-state index < -0.39 is 29.0 Å². The van der Waals surface area contributed by atoms with Crippen LogP contribution in [0.15, 0.2) is 65.7 Å². The van der Waals surface area contributed by atoms with Crippen LogP contribution >= 0.6 is 0 Å². The monoisotopic (exact) mass is 466 g/mol. The lowest BCUT2D eigenvalue weighted by Gasteiger charge is -2.09. The number of hydrogen-bond acceptors (Lipinski definition) is 6. The molecule has 0 aliphatic carbocycles. The van der Waals surface area contributed by atoms with Crippen molar-refractivity contribution in [3.8, 4) is 22.6 Å². The molecule has 4 rings (SSSR count). The number of ether oxygens (including phenoxy) is 1. The van der Waals surface area contributed by atoms with Crippen LogP contribution in [-0.4, -0.2) is 32.3 Å². The molecule has 0 amide bonds. The summed E-state index contributed by atoms with van der Waals surface area (Å²) in [4.78, 5) is 32.5. The molecule has 4 aromatic rings. The lowest BCUT2D eigenvalue weighted by Crippen LogP contribution is -2.22. The normalized spacial score (nSPS) is 10.8. The Morgan fingerprint density at radius 2 is 1.68 bits per heavy atom. The smallest absolute Gasteiger partial charge is 0.341 e. The molecule has 0 saturated carbocycles. The Morgan fingerprint density at radius 1 is 0.971 bits per heavy atom. The fraction of sp³-hybridized carbons (Fsp3) is 0.125. The molecule has 0 aliphatic heterocycles. The second kappa shape index (κ2) is 9.65. The van der Waals surface area contributed by atoms with E-state index in [4.69, 9.17) is 4.74 Å². The Morgan fingerprint density at radius 3 is 2.35 bits per heavy atom. The van der Waals surface area contributed by atoms with Crippen LogP contribution < -0.4 is 5.56 Å². The summed E-state index contributed by atoms with van der Waals surface area (Å²) in [5, 5.41) is 4.17. The van der Waals surface area contributed by atoms with Gasteiger partial charge in [0.05, 0.1) is 24.4 Å². The van der Waals surface area contributed by atoms with Crippen LogP contribution in [0, 0.1) is 17.5 Å². The first-order valence-electron chi connectivity index (χ1n) is 10.2. The van der Waals surface area contributed by atoms with Gasteiger partial charge in [-0.25, -0.2) is 32.6 Å². The van der Waals surface area contributed by atoms with Gasteiger partial charge < -0.3 is 4.74 Å². The third kappa shape index (κ3) is 4.85. The van der Waals surface area contributed by atoms with Crippen molar-refractivity contribution in [3.05, 3.63) is 99.9 Å². The highest BCUT2D eigenvalue weighted by atomic mass is 19.2. The molecule has 0 atom stereocenters. The van der Waals surface area contributed by atoms with Gasteiger partial charge in [0.15, 0.2) is 23.3 Å². The standard InChI is InChI=1S/C24H17F3N4O3/c1-2-34-24(33)17-11-28-23(29-12-17)15-5-3-4-14(8-15)13-31-21(32)7-6-20(30-31)16-9-18(25)22(27)19(26)10-16/h3-12H,2,13H2,1H3. The molecule has 0 unspecified atom stereocenters. The molecule has 34 heavy (non-hydrogen) atoms. The predicted molar refractivity (Wildman–Crippen MR) is 116 cm³/mol.